The molecule has 0 unspecified atom stereocenters. The highest BCUT2D eigenvalue weighted by molar-refractivity contribution is 5.33. The van der Waals surface area contributed by atoms with Gasteiger partial charge in [-0.1, -0.05) is 32.8 Å². The lowest BCUT2D eigenvalue weighted by Gasteiger charge is -2.16. The number of benzene rings is 1. The minimum atomic E-state index is 0.152. The molecule has 0 fully saturated rings. The van der Waals surface area contributed by atoms with Crippen molar-refractivity contribution < 1.29 is 9.47 Å². The number of rotatable bonds is 9. The van der Waals surface area contributed by atoms with E-state index in [-0.39, 0.29) is 6.10 Å². The first-order chi connectivity index (χ1) is 9.19. The Kier molecular flexibility index (Phi) is 7.34. The summed E-state index contributed by atoms with van der Waals surface area (Å²) < 4.78 is 11.6. The minimum Gasteiger partial charge on any atom is -0.493 e. The monoisotopic (exact) mass is 265 g/mol. The van der Waals surface area contributed by atoms with Crippen LogP contribution in [0.15, 0.2) is 24.3 Å². The maximum Gasteiger partial charge on any atom is 0.123 e. The molecule has 0 radical (unpaired) electrons. The summed E-state index contributed by atoms with van der Waals surface area (Å²) in [7, 11) is 1.93. The molecule has 0 aliphatic carbocycles. The van der Waals surface area contributed by atoms with Crippen molar-refractivity contribution in [3.8, 4) is 11.5 Å². The summed E-state index contributed by atoms with van der Waals surface area (Å²) in [6.45, 7) is 8.07. The van der Waals surface area contributed by atoms with Gasteiger partial charge in [-0.2, -0.15) is 0 Å². The Labute approximate surface area is 117 Å². The lowest BCUT2D eigenvalue weighted by Crippen LogP contribution is -2.25. The van der Waals surface area contributed by atoms with Crippen molar-refractivity contribution in [2.45, 2.75) is 39.7 Å². The fourth-order valence-corrected chi connectivity index (χ4v) is 1.94. The molecular weight excluding hydrogens is 238 g/mol. The zero-order valence-electron chi connectivity index (χ0n) is 12.6. The van der Waals surface area contributed by atoms with Gasteiger partial charge in [-0.25, -0.2) is 0 Å². The van der Waals surface area contributed by atoms with Crippen molar-refractivity contribution >= 4 is 0 Å². The predicted octanol–water partition coefficient (Wildman–Crippen LogP) is 3.49. The van der Waals surface area contributed by atoms with Crippen LogP contribution in [-0.4, -0.2) is 26.3 Å². The zero-order valence-corrected chi connectivity index (χ0v) is 12.6. The molecule has 0 heterocycles. The third kappa shape index (κ3) is 5.97. The first-order valence-electron chi connectivity index (χ1n) is 7.23. The van der Waals surface area contributed by atoms with E-state index in [0.717, 1.165) is 37.5 Å². The van der Waals surface area contributed by atoms with Gasteiger partial charge in [-0.15, -0.1) is 0 Å². The van der Waals surface area contributed by atoms with Gasteiger partial charge in [0.25, 0.3) is 0 Å². The first kappa shape index (κ1) is 15.8. The molecule has 0 spiro atoms. The summed E-state index contributed by atoms with van der Waals surface area (Å²) in [4.78, 5) is 0. The van der Waals surface area contributed by atoms with Crippen LogP contribution in [0.2, 0.25) is 0 Å². The number of hydrogen-bond acceptors (Lipinski definition) is 3. The van der Waals surface area contributed by atoms with Crippen molar-refractivity contribution in [1.82, 2.24) is 5.32 Å². The third-order valence-corrected chi connectivity index (χ3v) is 3.27. The second-order valence-electron chi connectivity index (χ2n) is 4.95. The highest BCUT2D eigenvalue weighted by Crippen LogP contribution is 2.21. The number of hydrogen-bond donors (Lipinski definition) is 1. The molecule has 0 aromatic heterocycles. The van der Waals surface area contributed by atoms with Crippen LogP contribution in [0, 0.1) is 5.92 Å². The van der Waals surface area contributed by atoms with Crippen LogP contribution in [0.5, 0.6) is 11.5 Å². The van der Waals surface area contributed by atoms with Crippen molar-refractivity contribution in [2.24, 2.45) is 5.92 Å². The summed E-state index contributed by atoms with van der Waals surface area (Å²) in [6, 6.07) is 7.90. The number of likely N-dealkylation sites (N-methyl/N-ethyl adjacent to an activating group) is 1. The van der Waals surface area contributed by atoms with Gasteiger partial charge in [0.15, 0.2) is 0 Å². The molecule has 108 valence electrons. The Morgan fingerprint density at radius 2 is 1.84 bits per heavy atom. The Morgan fingerprint density at radius 3 is 2.47 bits per heavy atom. The third-order valence-electron chi connectivity index (χ3n) is 3.27. The van der Waals surface area contributed by atoms with Crippen molar-refractivity contribution in [2.75, 3.05) is 20.2 Å². The standard InChI is InChI=1S/C16H27NO2/c1-5-14(6-2)12-18-15-8-7-9-16(10-15)19-13(3)11-17-4/h7-10,13-14,17H,5-6,11-12H2,1-4H3/t13-/m0/s1. The summed E-state index contributed by atoms with van der Waals surface area (Å²) in [6.07, 6.45) is 2.47. The largest absolute Gasteiger partial charge is 0.493 e. The van der Waals surface area contributed by atoms with Crippen LogP contribution >= 0.6 is 0 Å². The van der Waals surface area contributed by atoms with Gasteiger partial charge in [0.05, 0.1) is 6.61 Å². The van der Waals surface area contributed by atoms with Gasteiger partial charge >= 0.3 is 0 Å². The minimum absolute atomic E-state index is 0.152. The van der Waals surface area contributed by atoms with Crippen LogP contribution in [0.3, 0.4) is 0 Å². The highest BCUT2D eigenvalue weighted by Gasteiger charge is 2.06. The normalized spacial score (nSPS) is 12.5. The number of ether oxygens (including phenoxy) is 2. The van der Waals surface area contributed by atoms with Gasteiger partial charge in [0.1, 0.15) is 17.6 Å². The number of nitrogens with one attached hydrogen (secondary N) is 1. The van der Waals surface area contributed by atoms with E-state index in [1.807, 2.05) is 38.2 Å². The molecule has 1 aromatic rings. The van der Waals surface area contributed by atoms with Crippen LogP contribution in [-0.2, 0) is 0 Å². The molecule has 1 N–H and O–H groups in total. The average Bonchev–Trinajstić information content (AvgIpc) is 2.40. The lowest BCUT2D eigenvalue weighted by molar-refractivity contribution is 0.215. The summed E-state index contributed by atoms with van der Waals surface area (Å²) in [5.74, 6) is 2.39. The van der Waals surface area contributed by atoms with Gasteiger partial charge in [-0.3, -0.25) is 0 Å². The fraction of sp³-hybridized carbons (Fsp3) is 0.625. The van der Waals surface area contributed by atoms with E-state index in [9.17, 15) is 0 Å². The maximum absolute atomic E-state index is 5.84. The van der Waals surface area contributed by atoms with E-state index < -0.39 is 0 Å². The molecular formula is C16H27NO2. The van der Waals surface area contributed by atoms with Gasteiger partial charge in [0.2, 0.25) is 0 Å². The highest BCUT2D eigenvalue weighted by atomic mass is 16.5. The Balaban J connectivity index is 2.51. The zero-order chi connectivity index (χ0) is 14.1. The molecule has 3 heteroatoms. The summed E-state index contributed by atoms with van der Waals surface area (Å²) in [5.41, 5.74) is 0. The maximum atomic E-state index is 5.84. The molecule has 0 saturated carbocycles. The van der Waals surface area contributed by atoms with Crippen LogP contribution in [0.25, 0.3) is 0 Å². The smallest absolute Gasteiger partial charge is 0.123 e. The van der Waals surface area contributed by atoms with Gasteiger partial charge < -0.3 is 14.8 Å². The molecule has 0 aliphatic heterocycles. The molecule has 0 bridgehead atoms. The molecule has 0 saturated heterocycles. The van der Waals surface area contributed by atoms with Crippen LogP contribution in [0.1, 0.15) is 33.6 Å². The Bertz CT molecular complexity index is 350. The molecule has 0 aliphatic rings. The Hall–Kier alpha value is -1.22. The Morgan fingerprint density at radius 1 is 1.16 bits per heavy atom. The molecule has 0 amide bonds. The fourth-order valence-electron chi connectivity index (χ4n) is 1.94. The molecule has 1 atom stereocenters. The van der Waals surface area contributed by atoms with E-state index >= 15 is 0 Å². The summed E-state index contributed by atoms with van der Waals surface area (Å²) >= 11 is 0. The van der Waals surface area contributed by atoms with Gasteiger partial charge in [0, 0.05) is 12.6 Å². The lowest BCUT2D eigenvalue weighted by atomic mass is 10.1. The predicted molar refractivity (Wildman–Crippen MR) is 80.0 cm³/mol. The second kappa shape index (κ2) is 8.81. The molecule has 3 nitrogen and oxygen atoms in total. The average molecular weight is 265 g/mol. The first-order valence-corrected chi connectivity index (χ1v) is 7.23. The SMILES string of the molecule is CCC(CC)COc1cccc(O[C@@H](C)CNC)c1. The van der Waals surface area contributed by atoms with E-state index in [2.05, 4.69) is 19.2 Å². The van der Waals surface area contributed by atoms with E-state index in [1.54, 1.807) is 0 Å². The summed E-state index contributed by atoms with van der Waals surface area (Å²) in [5, 5.41) is 3.10. The molecule has 1 aromatic carbocycles. The van der Waals surface area contributed by atoms with Crippen LogP contribution < -0.4 is 14.8 Å². The van der Waals surface area contributed by atoms with Gasteiger partial charge in [-0.05, 0) is 32.0 Å². The second-order valence-corrected chi connectivity index (χ2v) is 4.95. The van der Waals surface area contributed by atoms with E-state index in [4.69, 9.17) is 9.47 Å². The topological polar surface area (TPSA) is 30.5 Å². The van der Waals surface area contributed by atoms with E-state index in [0.29, 0.717) is 5.92 Å². The van der Waals surface area contributed by atoms with Crippen LogP contribution in [0.4, 0.5) is 0 Å². The van der Waals surface area contributed by atoms with Crippen molar-refractivity contribution in [1.29, 1.82) is 0 Å². The molecule has 19 heavy (non-hydrogen) atoms. The quantitative estimate of drug-likeness (QED) is 0.741. The van der Waals surface area contributed by atoms with E-state index in [1.165, 1.54) is 0 Å². The van der Waals surface area contributed by atoms with Crippen molar-refractivity contribution in [3.63, 3.8) is 0 Å². The van der Waals surface area contributed by atoms with Crippen molar-refractivity contribution in [3.05, 3.63) is 24.3 Å². The molecule has 1 rings (SSSR count).